The van der Waals surface area contributed by atoms with Crippen LogP contribution < -0.4 is 15.0 Å². The van der Waals surface area contributed by atoms with Crippen molar-refractivity contribution in [2.75, 3.05) is 26.1 Å². The number of fused-ring (bicyclic) bond motifs is 1. The molecule has 1 aromatic carbocycles. The summed E-state index contributed by atoms with van der Waals surface area (Å²) in [5, 5.41) is 12.6. The van der Waals surface area contributed by atoms with E-state index in [1.165, 1.54) is 13.2 Å². The summed E-state index contributed by atoms with van der Waals surface area (Å²) >= 11 is 0. The number of epoxide rings is 1. The average molecular weight is 318 g/mol. The van der Waals surface area contributed by atoms with Gasteiger partial charge in [0.1, 0.15) is 24.1 Å². The number of amides is 1. The lowest BCUT2D eigenvalue weighted by molar-refractivity contribution is -0.116. The zero-order valence-electron chi connectivity index (χ0n) is 13.1. The molecule has 1 aromatic rings. The fourth-order valence-electron chi connectivity index (χ4n) is 2.54. The summed E-state index contributed by atoms with van der Waals surface area (Å²) in [4.78, 5) is 26.0. The first-order valence-electron chi connectivity index (χ1n) is 7.18. The van der Waals surface area contributed by atoms with Gasteiger partial charge in [0.2, 0.25) is 0 Å². The van der Waals surface area contributed by atoms with Crippen molar-refractivity contribution in [1.82, 2.24) is 5.32 Å². The van der Waals surface area contributed by atoms with E-state index in [9.17, 15) is 14.7 Å². The van der Waals surface area contributed by atoms with Crippen molar-refractivity contribution < 1.29 is 24.2 Å². The predicted molar refractivity (Wildman–Crippen MR) is 82.5 cm³/mol. The second-order valence-corrected chi connectivity index (χ2v) is 5.70. The largest absolute Gasteiger partial charge is 0.496 e. The van der Waals surface area contributed by atoms with Gasteiger partial charge in [0.15, 0.2) is 5.78 Å². The number of nitrogens with one attached hydrogen (secondary N) is 1. The van der Waals surface area contributed by atoms with Gasteiger partial charge >= 0.3 is 0 Å². The van der Waals surface area contributed by atoms with E-state index in [-0.39, 0.29) is 11.5 Å². The molecule has 23 heavy (non-hydrogen) atoms. The molecule has 1 aliphatic carbocycles. The Hall–Kier alpha value is -2.38. The minimum absolute atomic E-state index is 0.150. The van der Waals surface area contributed by atoms with Crippen LogP contribution in [0.3, 0.4) is 0 Å². The van der Waals surface area contributed by atoms with Crippen LogP contribution in [0.2, 0.25) is 0 Å². The van der Waals surface area contributed by atoms with E-state index >= 15 is 0 Å². The maximum Gasteiger partial charge on any atom is 0.259 e. The highest BCUT2D eigenvalue weighted by Crippen LogP contribution is 2.34. The number of anilines is 1. The molecule has 0 saturated carbocycles. The quantitative estimate of drug-likeness (QED) is 0.764. The molecule has 0 radical (unpaired) electrons. The number of carbonyl (C=O) groups excluding carboxylic acids is 2. The fraction of sp³-hybridized carbons (Fsp3) is 0.375. The molecule has 3 rings (SSSR count). The van der Waals surface area contributed by atoms with Crippen molar-refractivity contribution in [3.8, 4) is 5.75 Å². The lowest BCUT2D eigenvalue weighted by Gasteiger charge is -2.19. The molecule has 0 aromatic heterocycles. The standard InChI is InChI=1S/C16H18N2O5/c1-18(2)8-4-5-9(12(6-8)22-3)16(21)17-10-7-11(19)14-15(23-14)13(10)20/h4-7,13-15,20H,1-3H3,(H,17,21). The van der Waals surface area contributed by atoms with Gasteiger partial charge in [-0.05, 0) is 12.1 Å². The SMILES string of the molecule is COc1cc(N(C)C)ccc1C(=O)NC1=CC(=O)C2OC2C1O. The Morgan fingerprint density at radius 3 is 2.78 bits per heavy atom. The van der Waals surface area contributed by atoms with Crippen LogP contribution in [-0.2, 0) is 9.53 Å². The molecule has 0 bridgehead atoms. The topological polar surface area (TPSA) is 91.4 Å². The first kappa shape index (κ1) is 15.5. The van der Waals surface area contributed by atoms with Gasteiger partial charge in [-0.25, -0.2) is 0 Å². The number of ether oxygens (including phenoxy) is 2. The van der Waals surface area contributed by atoms with Crippen LogP contribution >= 0.6 is 0 Å². The summed E-state index contributed by atoms with van der Waals surface area (Å²) in [6.07, 6.45) is -0.911. The second-order valence-electron chi connectivity index (χ2n) is 5.70. The second kappa shape index (κ2) is 5.68. The van der Waals surface area contributed by atoms with Crippen LogP contribution in [0, 0.1) is 0 Å². The highest BCUT2D eigenvalue weighted by Gasteiger charge is 2.53. The number of aliphatic hydroxyl groups excluding tert-OH is 1. The summed E-state index contributed by atoms with van der Waals surface area (Å²) in [6, 6.07) is 5.16. The van der Waals surface area contributed by atoms with Crippen molar-refractivity contribution in [1.29, 1.82) is 0 Å². The maximum absolute atomic E-state index is 12.4. The lowest BCUT2D eigenvalue weighted by atomic mass is 10.0. The monoisotopic (exact) mass is 318 g/mol. The van der Waals surface area contributed by atoms with E-state index in [1.807, 2.05) is 19.0 Å². The predicted octanol–water partition coefficient (Wildman–Crippen LogP) is 0.0859. The molecule has 3 unspecified atom stereocenters. The van der Waals surface area contributed by atoms with E-state index in [2.05, 4.69) is 5.32 Å². The third kappa shape index (κ3) is 2.80. The molecule has 7 nitrogen and oxygen atoms in total. The highest BCUT2D eigenvalue weighted by atomic mass is 16.6. The summed E-state index contributed by atoms with van der Waals surface area (Å²) in [6.45, 7) is 0. The molecule has 1 fully saturated rings. The fourth-order valence-corrected chi connectivity index (χ4v) is 2.54. The minimum Gasteiger partial charge on any atom is -0.496 e. The molecular formula is C16H18N2O5. The van der Waals surface area contributed by atoms with Crippen LogP contribution in [0.15, 0.2) is 30.0 Å². The van der Waals surface area contributed by atoms with E-state index in [4.69, 9.17) is 9.47 Å². The number of ketones is 1. The molecule has 7 heteroatoms. The summed E-state index contributed by atoms with van der Waals surface area (Å²) < 4.78 is 10.3. The molecule has 1 amide bonds. The molecule has 3 atom stereocenters. The molecule has 122 valence electrons. The lowest BCUT2D eigenvalue weighted by Crippen LogP contribution is -2.37. The van der Waals surface area contributed by atoms with E-state index in [1.54, 1.807) is 18.2 Å². The summed E-state index contributed by atoms with van der Waals surface area (Å²) in [5.74, 6) is -0.290. The van der Waals surface area contributed by atoms with Crippen molar-refractivity contribution in [3.05, 3.63) is 35.5 Å². The van der Waals surface area contributed by atoms with Crippen LogP contribution in [0.25, 0.3) is 0 Å². The average Bonchev–Trinajstić information content (AvgIpc) is 3.32. The highest BCUT2D eigenvalue weighted by molar-refractivity contribution is 6.02. The molecule has 1 saturated heterocycles. The van der Waals surface area contributed by atoms with Gasteiger partial charge in [0.25, 0.3) is 5.91 Å². The van der Waals surface area contributed by atoms with Crippen molar-refractivity contribution >= 4 is 17.4 Å². The number of carbonyl (C=O) groups is 2. The first-order chi connectivity index (χ1) is 10.9. The van der Waals surface area contributed by atoms with Gasteiger partial charge in [-0.2, -0.15) is 0 Å². The number of methoxy groups -OCH3 is 1. The summed E-state index contributed by atoms with van der Waals surface area (Å²) in [7, 11) is 5.25. The van der Waals surface area contributed by atoms with Crippen LogP contribution in [0.5, 0.6) is 5.75 Å². The number of hydrogen-bond acceptors (Lipinski definition) is 6. The van der Waals surface area contributed by atoms with Gasteiger partial charge in [0, 0.05) is 31.9 Å². The Balaban J connectivity index is 1.82. The number of rotatable bonds is 4. The zero-order chi connectivity index (χ0) is 16.7. The number of nitrogens with zero attached hydrogens (tertiary/aromatic N) is 1. The molecular weight excluding hydrogens is 300 g/mol. The first-order valence-corrected chi connectivity index (χ1v) is 7.18. The normalized spacial score (nSPS) is 25.3. The van der Waals surface area contributed by atoms with Gasteiger partial charge < -0.3 is 24.8 Å². The molecule has 1 heterocycles. The van der Waals surface area contributed by atoms with Crippen LogP contribution in [-0.4, -0.2) is 56.3 Å². The van der Waals surface area contributed by atoms with E-state index in [0.717, 1.165) is 5.69 Å². The Labute approximate surface area is 133 Å². The number of benzene rings is 1. The van der Waals surface area contributed by atoms with Crippen molar-refractivity contribution in [2.45, 2.75) is 18.3 Å². The molecule has 2 N–H and O–H groups in total. The van der Waals surface area contributed by atoms with E-state index < -0.39 is 24.2 Å². The summed E-state index contributed by atoms with van der Waals surface area (Å²) in [5.41, 5.74) is 1.36. The zero-order valence-corrected chi connectivity index (χ0v) is 13.1. The number of aliphatic hydroxyl groups is 1. The van der Waals surface area contributed by atoms with Gasteiger partial charge in [-0.15, -0.1) is 0 Å². The van der Waals surface area contributed by atoms with Crippen LogP contribution in [0.4, 0.5) is 5.69 Å². The third-order valence-corrected chi connectivity index (χ3v) is 3.94. The van der Waals surface area contributed by atoms with Gasteiger partial charge in [0.05, 0.1) is 18.4 Å². The Bertz CT molecular complexity index is 698. The smallest absolute Gasteiger partial charge is 0.259 e. The van der Waals surface area contributed by atoms with Crippen molar-refractivity contribution in [3.63, 3.8) is 0 Å². The Morgan fingerprint density at radius 2 is 2.13 bits per heavy atom. The maximum atomic E-state index is 12.4. The minimum atomic E-state index is -1.01. The van der Waals surface area contributed by atoms with Gasteiger partial charge in [-0.1, -0.05) is 0 Å². The van der Waals surface area contributed by atoms with Crippen LogP contribution in [0.1, 0.15) is 10.4 Å². The third-order valence-electron chi connectivity index (χ3n) is 3.94. The van der Waals surface area contributed by atoms with Gasteiger partial charge in [-0.3, -0.25) is 9.59 Å². The Morgan fingerprint density at radius 1 is 1.39 bits per heavy atom. The van der Waals surface area contributed by atoms with Crippen molar-refractivity contribution in [2.24, 2.45) is 0 Å². The number of hydrogen-bond donors (Lipinski definition) is 2. The molecule has 0 spiro atoms. The molecule has 1 aliphatic heterocycles. The molecule has 2 aliphatic rings. The van der Waals surface area contributed by atoms with E-state index in [0.29, 0.717) is 11.3 Å². The Kier molecular flexibility index (Phi) is 3.83.